The lowest BCUT2D eigenvalue weighted by Gasteiger charge is -2.11. The van der Waals surface area contributed by atoms with Crippen LogP contribution in [-0.4, -0.2) is 41.3 Å². The van der Waals surface area contributed by atoms with E-state index in [1.54, 1.807) is 24.3 Å². The van der Waals surface area contributed by atoms with Gasteiger partial charge in [0.1, 0.15) is 18.0 Å². The molecule has 7 nitrogen and oxygen atoms in total. The van der Waals surface area contributed by atoms with E-state index in [0.29, 0.717) is 17.7 Å². The van der Waals surface area contributed by atoms with Crippen molar-refractivity contribution in [3.05, 3.63) is 66.1 Å². The lowest BCUT2D eigenvalue weighted by Crippen LogP contribution is -2.35. The molecule has 0 saturated carbocycles. The first-order chi connectivity index (χ1) is 13.0. The standard InChI is InChI=1S/C19H19N3O4S/c23-19(21-15-7-9-27(24,25)13-15)14-4-3-5-17(10-14)26-12-16-11-22-8-2-1-6-18(22)20-16/h1-6,8,10-11,15H,7,9,12-13H2,(H,21,23). The number of nitrogens with one attached hydrogen (secondary N) is 1. The van der Waals surface area contributed by atoms with Crippen LogP contribution in [-0.2, 0) is 16.4 Å². The molecular weight excluding hydrogens is 366 g/mol. The smallest absolute Gasteiger partial charge is 0.251 e. The number of ether oxygens (including phenoxy) is 1. The van der Waals surface area contributed by atoms with Gasteiger partial charge in [-0.1, -0.05) is 12.1 Å². The summed E-state index contributed by atoms with van der Waals surface area (Å²) in [5, 5.41) is 2.78. The second-order valence-electron chi connectivity index (χ2n) is 6.59. The van der Waals surface area contributed by atoms with Crippen LogP contribution in [0.25, 0.3) is 5.65 Å². The SMILES string of the molecule is O=C(NC1CCS(=O)(=O)C1)c1cccc(OCc2cn3ccccc3n2)c1. The fraction of sp³-hybridized carbons (Fsp3) is 0.263. The second-order valence-corrected chi connectivity index (χ2v) is 8.82. The van der Waals surface area contributed by atoms with Gasteiger partial charge in [-0.05, 0) is 36.8 Å². The fourth-order valence-electron chi connectivity index (χ4n) is 3.12. The quantitative estimate of drug-likeness (QED) is 0.724. The zero-order chi connectivity index (χ0) is 18.9. The van der Waals surface area contributed by atoms with E-state index >= 15 is 0 Å². The van der Waals surface area contributed by atoms with Gasteiger partial charge in [0, 0.05) is 24.0 Å². The Bertz CT molecular complexity index is 1060. The van der Waals surface area contributed by atoms with Crippen molar-refractivity contribution in [2.24, 2.45) is 0 Å². The molecule has 3 heterocycles. The third-order valence-electron chi connectivity index (χ3n) is 4.46. The lowest BCUT2D eigenvalue weighted by atomic mass is 10.2. The van der Waals surface area contributed by atoms with Gasteiger partial charge >= 0.3 is 0 Å². The number of nitrogens with zero attached hydrogens (tertiary/aromatic N) is 2. The topological polar surface area (TPSA) is 89.8 Å². The van der Waals surface area contributed by atoms with Gasteiger partial charge in [0.05, 0.1) is 17.2 Å². The highest BCUT2D eigenvalue weighted by molar-refractivity contribution is 7.91. The first-order valence-electron chi connectivity index (χ1n) is 8.65. The Morgan fingerprint density at radius 1 is 1.26 bits per heavy atom. The van der Waals surface area contributed by atoms with E-state index in [9.17, 15) is 13.2 Å². The Morgan fingerprint density at radius 3 is 2.93 bits per heavy atom. The van der Waals surface area contributed by atoms with Crippen molar-refractivity contribution in [3.63, 3.8) is 0 Å². The minimum Gasteiger partial charge on any atom is -0.487 e. The number of fused-ring (bicyclic) bond motifs is 1. The first kappa shape index (κ1) is 17.5. The summed E-state index contributed by atoms with van der Waals surface area (Å²) < 4.78 is 30.7. The van der Waals surface area contributed by atoms with Crippen LogP contribution in [0, 0.1) is 0 Å². The molecule has 8 heteroatoms. The summed E-state index contributed by atoms with van der Waals surface area (Å²) in [5.41, 5.74) is 2.06. The Labute approximate surface area is 156 Å². The number of aromatic nitrogens is 2. The van der Waals surface area contributed by atoms with E-state index in [0.717, 1.165) is 11.3 Å². The van der Waals surface area contributed by atoms with E-state index in [-0.39, 0.29) is 30.1 Å². The third-order valence-corrected chi connectivity index (χ3v) is 6.23. The van der Waals surface area contributed by atoms with Crippen molar-refractivity contribution >= 4 is 21.4 Å². The van der Waals surface area contributed by atoms with Gasteiger partial charge in [-0.25, -0.2) is 13.4 Å². The number of amides is 1. The van der Waals surface area contributed by atoms with Crippen molar-refractivity contribution < 1.29 is 17.9 Å². The number of carbonyl (C=O) groups is 1. The molecule has 0 spiro atoms. The maximum atomic E-state index is 12.4. The van der Waals surface area contributed by atoms with Gasteiger partial charge in [0.2, 0.25) is 0 Å². The zero-order valence-corrected chi connectivity index (χ0v) is 15.4. The molecule has 1 aliphatic rings. The number of sulfone groups is 1. The highest BCUT2D eigenvalue weighted by Gasteiger charge is 2.29. The predicted octanol–water partition coefficient (Wildman–Crippen LogP) is 1.83. The van der Waals surface area contributed by atoms with E-state index in [1.165, 1.54) is 0 Å². The molecule has 0 radical (unpaired) electrons. The molecule has 1 saturated heterocycles. The maximum Gasteiger partial charge on any atom is 0.251 e. The Morgan fingerprint density at radius 2 is 2.15 bits per heavy atom. The van der Waals surface area contributed by atoms with Crippen LogP contribution in [0.3, 0.4) is 0 Å². The molecule has 0 aliphatic carbocycles. The van der Waals surface area contributed by atoms with Crippen molar-refractivity contribution in [2.45, 2.75) is 19.1 Å². The summed E-state index contributed by atoms with van der Waals surface area (Å²) >= 11 is 0. The third kappa shape index (κ3) is 4.11. The van der Waals surface area contributed by atoms with E-state index in [2.05, 4.69) is 10.3 Å². The second kappa shape index (κ2) is 7.03. The number of benzene rings is 1. The van der Waals surface area contributed by atoms with Crippen LogP contribution < -0.4 is 10.1 Å². The molecule has 1 unspecified atom stereocenters. The van der Waals surface area contributed by atoms with Gasteiger partial charge in [-0.3, -0.25) is 4.79 Å². The Kier molecular flexibility index (Phi) is 4.57. The summed E-state index contributed by atoms with van der Waals surface area (Å²) in [4.78, 5) is 16.8. The van der Waals surface area contributed by atoms with Crippen molar-refractivity contribution in [2.75, 3.05) is 11.5 Å². The van der Waals surface area contributed by atoms with E-state index in [4.69, 9.17) is 4.74 Å². The molecule has 2 aromatic heterocycles. The highest BCUT2D eigenvalue weighted by Crippen LogP contribution is 2.17. The molecule has 1 atom stereocenters. The van der Waals surface area contributed by atoms with Gasteiger partial charge in [-0.2, -0.15) is 0 Å². The van der Waals surface area contributed by atoms with Gasteiger partial charge < -0.3 is 14.5 Å². The van der Waals surface area contributed by atoms with Gasteiger partial charge in [0.15, 0.2) is 9.84 Å². The minimum atomic E-state index is -3.03. The number of pyridine rings is 1. The molecule has 3 aromatic rings. The molecular formula is C19H19N3O4S. The number of imidazole rings is 1. The number of rotatable bonds is 5. The molecule has 0 bridgehead atoms. The molecule has 1 N–H and O–H groups in total. The monoisotopic (exact) mass is 385 g/mol. The largest absolute Gasteiger partial charge is 0.487 e. The zero-order valence-electron chi connectivity index (χ0n) is 14.5. The molecule has 27 heavy (non-hydrogen) atoms. The maximum absolute atomic E-state index is 12.4. The van der Waals surface area contributed by atoms with Crippen molar-refractivity contribution in [3.8, 4) is 5.75 Å². The average Bonchev–Trinajstić information content (AvgIpc) is 3.22. The van der Waals surface area contributed by atoms with Crippen LogP contribution in [0.4, 0.5) is 0 Å². The predicted molar refractivity (Wildman–Crippen MR) is 100 cm³/mol. The van der Waals surface area contributed by atoms with Gasteiger partial charge in [-0.15, -0.1) is 0 Å². The lowest BCUT2D eigenvalue weighted by molar-refractivity contribution is 0.0940. The molecule has 1 amide bonds. The number of carbonyl (C=O) groups excluding carboxylic acids is 1. The minimum absolute atomic E-state index is 0.00279. The van der Waals surface area contributed by atoms with Crippen LogP contribution in [0.1, 0.15) is 22.5 Å². The van der Waals surface area contributed by atoms with Crippen LogP contribution in [0.5, 0.6) is 5.75 Å². The first-order valence-corrected chi connectivity index (χ1v) is 10.5. The molecule has 4 rings (SSSR count). The summed E-state index contributed by atoms with van der Waals surface area (Å²) in [6, 6.07) is 12.3. The summed E-state index contributed by atoms with van der Waals surface area (Å²) in [5.74, 6) is 0.386. The number of hydrogen-bond donors (Lipinski definition) is 1. The van der Waals surface area contributed by atoms with Crippen LogP contribution in [0.15, 0.2) is 54.9 Å². The Balaban J connectivity index is 1.40. The summed E-state index contributed by atoms with van der Waals surface area (Å²) in [6.07, 6.45) is 4.27. The molecule has 1 fully saturated rings. The summed E-state index contributed by atoms with van der Waals surface area (Å²) in [7, 11) is -3.03. The highest BCUT2D eigenvalue weighted by atomic mass is 32.2. The fourth-order valence-corrected chi connectivity index (χ4v) is 4.79. The molecule has 140 valence electrons. The van der Waals surface area contributed by atoms with E-state index in [1.807, 2.05) is 35.0 Å². The number of hydrogen-bond acceptors (Lipinski definition) is 5. The average molecular weight is 385 g/mol. The molecule has 1 aliphatic heterocycles. The normalized spacial score (nSPS) is 18.4. The Hall–Kier alpha value is -2.87. The van der Waals surface area contributed by atoms with Gasteiger partial charge in [0.25, 0.3) is 5.91 Å². The van der Waals surface area contributed by atoms with Crippen LogP contribution in [0.2, 0.25) is 0 Å². The van der Waals surface area contributed by atoms with Crippen LogP contribution >= 0.6 is 0 Å². The van der Waals surface area contributed by atoms with Crippen molar-refractivity contribution in [1.29, 1.82) is 0 Å². The molecule has 1 aromatic carbocycles. The van der Waals surface area contributed by atoms with Crippen molar-refractivity contribution in [1.82, 2.24) is 14.7 Å². The summed E-state index contributed by atoms with van der Waals surface area (Å²) in [6.45, 7) is 0.285. The van der Waals surface area contributed by atoms with E-state index < -0.39 is 9.84 Å².